The fourth-order valence-electron chi connectivity index (χ4n) is 3.65. The quantitative estimate of drug-likeness (QED) is 0.429. The Morgan fingerprint density at radius 2 is 1.66 bits per heavy atom. The highest BCUT2D eigenvalue weighted by atomic mass is 35.5. The van der Waals surface area contributed by atoms with Crippen LogP contribution in [0.4, 0.5) is 9.18 Å². The van der Waals surface area contributed by atoms with Crippen molar-refractivity contribution in [2.75, 3.05) is 14.1 Å². The number of imide groups is 2. The number of halogens is 2. The Hall–Kier alpha value is -2.94. The van der Waals surface area contributed by atoms with Gasteiger partial charge < -0.3 is 5.21 Å². The van der Waals surface area contributed by atoms with Crippen LogP contribution in [-0.2, 0) is 16.6 Å². The summed E-state index contributed by atoms with van der Waals surface area (Å²) in [6.45, 7) is 3.29. The molecule has 0 aliphatic carbocycles. The van der Waals surface area contributed by atoms with Crippen LogP contribution in [0, 0.1) is 30.8 Å². The van der Waals surface area contributed by atoms with Gasteiger partial charge in [-0.3, -0.25) is 19.4 Å². The van der Waals surface area contributed by atoms with Crippen molar-refractivity contribution in [1.82, 2.24) is 14.4 Å². The predicted molar refractivity (Wildman–Crippen MR) is 102 cm³/mol. The van der Waals surface area contributed by atoms with E-state index in [1.165, 1.54) is 30.8 Å². The SMILES string of the molecule is Cc1c(C)[n+]([O-])c([C@H](c2ccc(Cl)cc2F)C2C(=O)N(C)C(=O)N(C)C2=O)n1C. The first-order chi connectivity index (χ1) is 13.5. The van der Waals surface area contributed by atoms with Crippen LogP contribution in [0.5, 0.6) is 0 Å². The maximum Gasteiger partial charge on any atom is 0.332 e. The van der Waals surface area contributed by atoms with Crippen molar-refractivity contribution in [3.05, 3.63) is 57.0 Å². The highest BCUT2D eigenvalue weighted by Gasteiger charge is 2.51. The van der Waals surface area contributed by atoms with Crippen molar-refractivity contribution in [2.24, 2.45) is 13.0 Å². The number of barbiturate groups is 1. The van der Waals surface area contributed by atoms with E-state index in [0.717, 1.165) is 15.9 Å². The lowest BCUT2D eigenvalue weighted by molar-refractivity contribution is -0.621. The Balaban J connectivity index is 2.33. The smallest absolute Gasteiger partial charge is 0.332 e. The molecule has 4 amide bonds. The van der Waals surface area contributed by atoms with Gasteiger partial charge in [0.1, 0.15) is 29.0 Å². The molecule has 2 heterocycles. The first kappa shape index (κ1) is 20.8. The number of aromatic nitrogens is 2. The number of hydrogen-bond donors (Lipinski definition) is 0. The summed E-state index contributed by atoms with van der Waals surface area (Å²) in [4.78, 5) is 39.7. The molecule has 1 aromatic heterocycles. The first-order valence-corrected chi connectivity index (χ1v) is 9.16. The van der Waals surface area contributed by atoms with E-state index in [-0.39, 0.29) is 16.4 Å². The third kappa shape index (κ3) is 3.05. The van der Waals surface area contributed by atoms with Crippen LogP contribution in [0.2, 0.25) is 5.02 Å². The highest BCUT2D eigenvalue weighted by molar-refractivity contribution is 6.30. The van der Waals surface area contributed by atoms with Gasteiger partial charge in [0, 0.05) is 38.5 Å². The van der Waals surface area contributed by atoms with Gasteiger partial charge in [-0.25, -0.2) is 18.5 Å². The maximum absolute atomic E-state index is 14.9. The van der Waals surface area contributed by atoms with Gasteiger partial charge in [-0.2, -0.15) is 0 Å². The molecular formula is C19H20ClFN4O4. The molecule has 8 nitrogen and oxygen atoms in total. The monoisotopic (exact) mass is 422 g/mol. The van der Waals surface area contributed by atoms with Crippen LogP contribution >= 0.6 is 11.6 Å². The second kappa shape index (κ2) is 7.14. The Morgan fingerprint density at radius 3 is 2.10 bits per heavy atom. The highest BCUT2D eigenvalue weighted by Crippen LogP contribution is 2.37. The van der Waals surface area contributed by atoms with E-state index in [9.17, 15) is 24.0 Å². The van der Waals surface area contributed by atoms with Gasteiger partial charge in [-0.05, 0) is 12.1 Å². The Kier molecular flexibility index (Phi) is 5.12. The number of urea groups is 1. The van der Waals surface area contributed by atoms with Crippen molar-refractivity contribution in [1.29, 1.82) is 0 Å². The fourth-order valence-corrected chi connectivity index (χ4v) is 3.81. The van der Waals surface area contributed by atoms with E-state index in [1.807, 2.05) is 0 Å². The van der Waals surface area contributed by atoms with Crippen LogP contribution in [0.25, 0.3) is 0 Å². The van der Waals surface area contributed by atoms with Crippen LogP contribution in [0.1, 0.15) is 28.7 Å². The summed E-state index contributed by atoms with van der Waals surface area (Å²) in [6, 6.07) is 3.02. The number of rotatable bonds is 3. The summed E-state index contributed by atoms with van der Waals surface area (Å²) in [5.41, 5.74) is 0.917. The van der Waals surface area contributed by atoms with E-state index >= 15 is 0 Å². The number of amides is 4. The van der Waals surface area contributed by atoms with Gasteiger partial charge in [-0.1, -0.05) is 17.7 Å². The van der Waals surface area contributed by atoms with Crippen LogP contribution in [0.15, 0.2) is 18.2 Å². The Labute approximate surface area is 171 Å². The Morgan fingerprint density at radius 1 is 1.10 bits per heavy atom. The molecule has 0 unspecified atom stereocenters. The zero-order valence-electron chi connectivity index (χ0n) is 16.6. The van der Waals surface area contributed by atoms with Crippen molar-refractivity contribution in [2.45, 2.75) is 19.8 Å². The lowest BCUT2D eigenvalue weighted by Crippen LogP contribution is -2.59. The van der Waals surface area contributed by atoms with Crippen molar-refractivity contribution >= 4 is 29.4 Å². The second-order valence-electron chi connectivity index (χ2n) is 7.08. The molecule has 1 aliphatic heterocycles. The van der Waals surface area contributed by atoms with Gasteiger partial charge in [0.05, 0.1) is 7.05 Å². The molecule has 1 fully saturated rings. The number of carbonyl (C=O) groups excluding carboxylic acids is 3. The van der Waals surface area contributed by atoms with Gasteiger partial charge >= 0.3 is 6.03 Å². The predicted octanol–water partition coefficient (Wildman–Crippen LogP) is 1.87. The standard InChI is InChI=1S/C19H20ClFN4O4/c1-9-10(2)25(29)16(22(9)3)14(12-7-6-11(20)8-13(12)21)15-17(26)23(4)19(28)24(5)18(15)27/h6-8,14-15H,1-5H3/t14-/m1/s1. The number of benzene rings is 1. The number of hydrogen-bond acceptors (Lipinski definition) is 4. The molecular weight excluding hydrogens is 403 g/mol. The third-order valence-corrected chi connectivity index (χ3v) is 5.79. The molecule has 0 saturated carbocycles. The summed E-state index contributed by atoms with van der Waals surface area (Å²) in [7, 11) is 4.08. The minimum Gasteiger partial charge on any atom is -0.711 e. The summed E-state index contributed by atoms with van der Waals surface area (Å²) < 4.78 is 17.0. The molecule has 0 N–H and O–H groups in total. The van der Waals surface area contributed by atoms with Crippen LogP contribution in [-0.4, -0.2) is 46.3 Å². The van der Waals surface area contributed by atoms with Crippen LogP contribution in [0.3, 0.4) is 0 Å². The van der Waals surface area contributed by atoms with Crippen molar-refractivity contribution in [3.63, 3.8) is 0 Å². The van der Waals surface area contributed by atoms with E-state index in [0.29, 0.717) is 16.1 Å². The first-order valence-electron chi connectivity index (χ1n) is 8.78. The molecule has 1 atom stereocenters. The number of imidazole rings is 1. The summed E-state index contributed by atoms with van der Waals surface area (Å²) in [5.74, 6) is -5.13. The topological polar surface area (TPSA) is 89.6 Å². The zero-order valence-corrected chi connectivity index (χ0v) is 17.3. The van der Waals surface area contributed by atoms with Crippen molar-refractivity contribution < 1.29 is 23.5 Å². The molecule has 3 rings (SSSR count). The fraction of sp³-hybridized carbons (Fsp3) is 0.368. The number of nitrogens with zero attached hydrogens (tertiary/aromatic N) is 4. The van der Waals surface area contributed by atoms with Gasteiger partial charge in [0.15, 0.2) is 0 Å². The van der Waals surface area contributed by atoms with E-state index in [4.69, 9.17) is 11.6 Å². The van der Waals surface area contributed by atoms with E-state index < -0.39 is 35.5 Å². The van der Waals surface area contributed by atoms with Gasteiger partial charge in [0.2, 0.25) is 11.8 Å². The second-order valence-corrected chi connectivity index (χ2v) is 7.52. The molecule has 0 spiro atoms. The molecule has 0 bridgehead atoms. The average Bonchev–Trinajstić information content (AvgIpc) is 2.86. The lowest BCUT2D eigenvalue weighted by atomic mass is 9.82. The minimum absolute atomic E-state index is 0.0177. The summed E-state index contributed by atoms with van der Waals surface area (Å²) in [6.07, 6.45) is 0. The molecule has 29 heavy (non-hydrogen) atoms. The maximum atomic E-state index is 14.9. The molecule has 2 aromatic rings. The normalized spacial score (nSPS) is 16.7. The molecule has 1 aromatic carbocycles. The minimum atomic E-state index is -1.49. The van der Waals surface area contributed by atoms with Crippen molar-refractivity contribution in [3.8, 4) is 0 Å². The number of carbonyl (C=O) groups is 3. The molecule has 0 radical (unpaired) electrons. The molecule has 1 saturated heterocycles. The zero-order chi connectivity index (χ0) is 21.8. The summed E-state index contributed by atoms with van der Waals surface area (Å²) >= 11 is 5.86. The molecule has 10 heteroatoms. The van der Waals surface area contributed by atoms with E-state index in [2.05, 4.69) is 0 Å². The van der Waals surface area contributed by atoms with Gasteiger partial charge in [0.25, 0.3) is 5.82 Å². The van der Waals surface area contributed by atoms with Gasteiger partial charge in [-0.15, -0.1) is 0 Å². The largest absolute Gasteiger partial charge is 0.711 e. The van der Waals surface area contributed by atoms with E-state index in [1.54, 1.807) is 20.9 Å². The average molecular weight is 423 g/mol. The lowest BCUT2D eigenvalue weighted by Gasteiger charge is -2.35. The molecule has 154 valence electrons. The Bertz CT molecular complexity index is 1000. The summed E-state index contributed by atoms with van der Waals surface area (Å²) in [5, 5.41) is 13.0. The van der Waals surface area contributed by atoms with Crippen LogP contribution < -0.4 is 4.73 Å². The third-order valence-electron chi connectivity index (χ3n) is 5.56. The molecule has 1 aliphatic rings.